The summed E-state index contributed by atoms with van der Waals surface area (Å²) >= 11 is 0. The molecular formula is C15H26. The maximum atomic E-state index is 4.00. The summed E-state index contributed by atoms with van der Waals surface area (Å²) in [6.45, 7) is 8.42. The number of unbranched alkanes of at least 4 members (excludes halogenated alkanes) is 2. The van der Waals surface area contributed by atoms with E-state index in [9.17, 15) is 0 Å². The Hall–Kier alpha value is -0.520. The van der Waals surface area contributed by atoms with E-state index in [1.165, 1.54) is 50.5 Å². The summed E-state index contributed by atoms with van der Waals surface area (Å²) in [5.41, 5.74) is 1.50. The van der Waals surface area contributed by atoms with Crippen molar-refractivity contribution in [1.29, 1.82) is 0 Å². The van der Waals surface area contributed by atoms with Crippen molar-refractivity contribution in [2.45, 2.75) is 58.8 Å². The van der Waals surface area contributed by atoms with Gasteiger partial charge in [0.25, 0.3) is 0 Å². The second-order valence-corrected chi connectivity index (χ2v) is 4.89. The van der Waals surface area contributed by atoms with Crippen LogP contribution in [-0.4, -0.2) is 0 Å². The van der Waals surface area contributed by atoms with Gasteiger partial charge < -0.3 is 0 Å². The van der Waals surface area contributed by atoms with Crippen LogP contribution in [0, 0.1) is 11.8 Å². The van der Waals surface area contributed by atoms with Crippen molar-refractivity contribution in [3.8, 4) is 0 Å². The molecule has 1 fully saturated rings. The highest BCUT2D eigenvalue weighted by atomic mass is 14.3. The lowest BCUT2D eigenvalue weighted by Gasteiger charge is -2.09. The van der Waals surface area contributed by atoms with Crippen LogP contribution in [0.15, 0.2) is 24.3 Å². The topological polar surface area (TPSA) is 0 Å². The first-order chi connectivity index (χ1) is 7.27. The number of hydrogen-bond acceptors (Lipinski definition) is 0. The zero-order chi connectivity index (χ0) is 11.1. The molecule has 2 atom stereocenters. The lowest BCUT2D eigenvalue weighted by atomic mass is 9.97. The van der Waals surface area contributed by atoms with Crippen LogP contribution >= 0.6 is 0 Å². The minimum atomic E-state index is 0.825. The first-order valence-electron chi connectivity index (χ1n) is 6.58. The zero-order valence-corrected chi connectivity index (χ0v) is 10.5. The normalized spacial score (nSPS) is 22.3. The van der Waals surface area contributed by atoms with Gasteiger partial charge >= 0.3 is 0 Å². The molecule has 2 unspecified atom stereocenters. The van der Waals surface area contributed by atoms with E-state index in [4.69, 9.17) is 0 Å². The Kier molecular flexibility index (Phi) is 5.75. The van der Waals surface area contributed by atoms with Gasteiger partial charge in [-0.15, -0.1) is 0 Å². The molecule has 1 saturated carbocycles. The van der Waals surface area contributed by atoms with Crippen LogP contribution < -0.4 is 0 Å². The molecule has 0 amide bonds. The summed E-state index contributed by atoms with van der Waals surface area (Å²) in [5, 5.41) is 0. The van der Waals surface area contributed by atoms with Gasteiger partial charge in [0.05, 0.1) is 0 Å². The standard InChI is InChI=1S/C15H26/c1-4-9-14(5-2)10-7-6-8-11-15-12-13(15)3/h4,9,14-15H,3,5-8,10-12H2,1-2H3. The molecule has 0 aromatic carbocycles. The highest BCUT2D eigenvalue weighted by Gasteiger charge is 2.25. The van der Waals surface area contributed by atoms with Crippen molar-refractivity contribution >= 4 is 0 Å². The fourth-order valence-electron chi connectivity index (χ4n) is 2.25. The second kappa shape index (κ2) is 6.87. The number of rotatable bonds is 8. The van der Waals surface area contributed by atoms with Gasteiger partial charge in [0.15, 0.2) is 0 Å². The van der Waals surface area contributed by atoms with Crippen LogP contribution in [0.3, 0.4) is 0 Å². The molecule has 86 valence electrons. The Morgan fingerprint density at radius 1 is 1.40 bits per heavy atom. The molecule has 1 rings (SSSR count). The van der Waals surface area contributed by atoms with E-state index in [0.717, 1.165) is 11.8 Å². The van der Waals surface area contributed by atoms with Gasteiger partial charge in [-0.1, -0.05) is 50.5 Å². The summed E-state index contributed by atoms with van der Waals surface area (Å²) in [7, 11) is 0. The summed E-state index contributed by atoms with van der Waals surface area (Å²) in [6, 6.07) is 0. The Morgan fingerprint density at radius 3 is 2.67 bits per heavy atom. The average molecular weight is 206 g/mol. The number of hydrogen-bond donors (Lipinski definition) is 0. The number of allylic oxidation sites excluding steroid dienone is 3. The van der Waals surface area contributed by atoms with Gasteiger partial charge in [-0.05, 0) is 44.4 Å². The van der Waals surface area contributed by atoms with E-state index >= 15 is 0 Å². The maximum absolute atomic E-state index is 4.00. The predicted molar refractivity (Wildman–Crippen MR) is 68.9 cm³/mol. The lowest BCUT2D eigenvalue weighted by Crippen LogP contribution is -1.94. The van der Waals surface area contributed by atoms with Crippen molar-refractivity contribution in [2.24, 2.45) is 11.8 Å². The molecule has 0 heterocycles. The molecule has 1 aliphatic rings. The Morgan fingerprint density at radius 2 is 2.13 bits per heavy atom. The third-order valence-corrected chi connectivity index (χ3v) is 3.54. The molecule has 0 radical (unpaired) electrons. The molecule has 0 spiro atoms. The van der Waals surface area contributed by atoms with E-state index < -0.39 is 0 Å². The van der Waals surface area contributed by atoms with Gasteiger partial charge in [0.1, 0.15) is 0 Å². The fourth-order valence-corrected chi connectivity index (χ4v) is 2.25. The molecule has 15 heavy (non-hydrogen) atoms. The highest BCUT2D eigenvalue weighted by molar-refractivity contribution is 5.18. The van der Waals surface area contributed by atoms with Crippen molar-refractivity contribution in [3.05, 3.63) is 24.3 Å². The highest BCUT2D eigenvalue weighted by Crippen LogP contribution is 2.39. The minimum absolute atomic E-state index is 0.825. The van der Waals surface area contributed by atoms with Crippen molar-refractivity contribution in [1.82, 2.24) is 0 Å². The largest absolute Gasteiger partial charge is 0.0995 e. The van der Waals surface area contributed by atoms with E-state index in [1.54, 1.807) is 0 Å². The van der Waals surface area contributed by atoms with Crippen molar-refractivity contribution in [3.63, 3.8) is 0 Å². The molecule has 0 bridgehead atoms. The predicted octanol–water partition coefficient (Wildman–Crippen LogP) is 5.12. The van der Waals surface area contributed by atoms with Crippen LogP contribution in [0.1, 0.15) is 58.8 Å². The van der Waals surface area contributed by atoms with Gasteiger partial charge in [-0.25, -0.2) is 0 Å². The van der Waals surface area contributed by atoms with E-state index in [-0.39, 0.29) is 0 Å². The lowest BCUT2D eigenvalue weighted by molar-refractivity contribution is 0.508. The van der Waals surface area contributed by atoms with Crippen molar-refractivity contribution in [2.75, 3.05) is 0 Å². The fraction of sp³-hybridized carbons (Fsp3) is 0.733. The molecule has 0 N–H and O–H groups in total. The van der Waals surface area contributed by atoms with E-state index in [1.807, 2.05) is 0 Å². The Bertz CT molecular complexity index is 212. The van der Waals surface area contributed by atoms with Gasteiger partial charge in [0, 0.05) is 0 Å². The van der Waals surface area contributed by atoms with E-state index in [0.29, 0.717) is 0 Å². The first kappa shape index (κ1) is 12.5. The third-order valence-electron chi connectivity index (χ3n) is 3.54. The smallest absolute Gasteiger partial charge is 0.0168 e. The van der Waals surface area contributed by atoms with Crippen molar-refractivity contribution < 1.29 is 0 Å². The maximum Gasteiger partial charge on any atom is -0.0168 e. The first-order valence-corrected chi connectivity index (χ1v) is 6.58. The summed E-state index contributed by atoms with van der Waals surface area (Å²) in [5.74, 6) is 1.73. The van der Waals surface area contributed by atoms with Gasteiger partial charge in [-0.2, -0.15) is 0 Å². The van der Waals surface area contributed by atoms with Crippen LogP contribution in [0.5, 0.6) is 0 Å². The zero-order valence-electron chi connectivity index (χ0n) is 10.5. The quantitative estimate of drug-likeness (QED) is 0.382. The Labute approximate surface area is 95.5 Å². The molecule has 1 aliphatic carbocycles. The molecule has 0 aromatic rings. The average Bonchev–Trinajstić information content (AvgIpc) is 2.92. The minimum Gasteiger partial charge on any atom is -0.0995 e. The summed E-state index contributed by atoms with van der Waals surface area (Å²) in [4.78, 5) is 0. The van der Waals surface area contributed by atoms with Crippen LogP contribution in [0.2, 0.25) is 0 Å². The molecule has 0 aromatic heterocycles. The molecular weight excluding hydrogens is 180 g/mol. The van der Waals surface area contributed by atoms with Gasteiger partial charge in [-0.3, -0.25) is 0 Å². The molecule has 0 saturated heterocycles. The van der Waals surface area contributed by atoms with Crippen LogP contribution in [0.4, 0.5) is 0 Å². The van der Waals surface area contributed by atoms with Crippen LogP contribution in [0.25, 0.3) is 0 Å². The monoisotopic (exact) mass is 206 g/mol. The second-order valence-electron chi connectivity index (χ2n) is 4.89. The third kappa shape index (κ3) is 5.20. The van der Waals surface area contributed by atoms with E-state index in [2.05, 4.69) is 32.6 Å². The van der Waals surface area contributed by atoms with Crippen LogP contribution in [-0.2, 0) is 0 Å². The molecule has 0 aliphatic heterocycles. The molecule has 0 heteroatoms. The summed E-state index contributed by atoms with van der Waals surface area (Å²) in [6.07, 6.45) is 14.2. The van der Waals surface area contributed by atoms with Gasteiger partial charge in [0.2, 0.25) is 0 Å². The summed E-state index contributed by atoms with van der Waals surface area (Å²) < 4.78 is 0. The SMILES string of the molecule is C=C1CC1CCCCCC(C=CC)CC. The Balaban J connectivity index is 1.93. The molecule has 0 nitrogen and oxygen atoms in total.